The van der Waals surface area contributed by atoms with E-state index in [1.165, 1.54) is 0 Å². The molecule has 1 aliphatic heterocycles. The Bertz CT molecular complexity index is 759. The molecule has 1 saturated heterocycles. The Hall–Kier alpha value is -1.94. The van der Waals surface area contributed by atoms with E-state index < -0.39 is 0 Å². The van der Waals surface area contributed by atoms with Crippen LogP contribution < -0.4 is 4.90 Å². The van der Waals surface area contributed by atoms with Gasteiger partial charge in [0.15, 0.2) is 0 Å². The summed E-state index contributed by atoms with van der Waals surface area (Å²) in [4.78, 5) is 20.3. The van der Waals surface area contributed by atoms with Gasteiger partial charge in [-0.1, -0.05) is 0 Å². The van der Waals surface area contributed by atoms with Crippen LogP contribution in [0, 0.1) is 0 Å². The molecule has 110 valence electrons. The van der Waals surface area contributed by atoms with Gasteiger partial charge in [0.25, 0.3) is 0 Å². The van der Waals surface area contributed by atoms with E-state index in [-0.39, 0.29) is 5.91 Å². The van der Waals surface area contributed by atoms with E-state index >= 15 is 0 Å². The molecular formula is C16H12ClN3OSe. The Kier molecular flexibility index (Phi) is 4.12. The normalized spacial score (nSPS) is 16.7. The summed E-state index contributed by atoms with van der Waals surface area (Å²) in [6.45, 7) is 0. The fourth-order valence-corrected chi connectivity index (χ4v) is 2.92. The van der Waals surface area contributed by atoms with E-state index in [9.17, 15) is 4.79 Å². The van der Waals surface area contributed by atoms with Crippen LogP contribution in [0.4, 0.5) is 5.69 Å². The molecule has 6 heteroatoms. The van der Waals surface area contributed by atoms with Gasteiger partial charge in [-0.05, 0) is 0 Å². The fourth-order valence-electron chi connectivity index (χ4n) is 2.19. The number of rotatable bonds is 2. The molecule has 0 spiro atoms. The van der Waals surface area contributed by atoms with Gasteiger partial charge in [-0.3, -0.25) is 0 Å². The number of carbonyl (C=O) groups is 1. The summed E-state index contributed by atoms with van der Waals surface area (Å²) >= 11 is 8.87. The maximum atomic E-state index is 12.7. The predicted molar refractivity (Wildman–Crippen MR) is 89.7 cm³/mol. The van der Waals surface area contributed by atoms with Gasteiger partial charge < -0.3 is 0 Å². The van der Waals surface area contributed by atoms with E-state index in [1.54, 1.807) is 29.4 Å². The van der Waals surface area contributed by atoms with Crippen molar-refractivity contribution in [2.45, 2.75) is 0 Å². The fraction of sp³-hybridized carbons (Fsp3) is 0.0625. The van der Waals surface area contributed by atoms with Gasteiger partial charge in [-0.15, -0.1) is 0 Å². The topological polar surface area (TPSA) is 36.4 Å². The minimum atomic E-state index is -0.0950. The zero-order valence-corrected chi connectivity index (χ0v) is 14.2. The quantitative estimate of drug-likeness (QED) is 0.596. The third kappa shape index (κ3) is 2.71. The maximum absolute atomic E-state index is 12.7. The first-order chi connectivity index (χ1) is 10.6. The van der Waals surface area contributed by atoms with Gasteiger partial charge in [0.2, 0.25) is 0 Å². The van der Waals surface area contributed by atoms with Crippen LogP contribution in [0.3, 0.4) is 0 Å². The monoisotopic (exact) mass is 377 g/mol. The molecular weight excluding hydrogens is 365 g/mol. The van der Waals surface area contributed by atoms with Crippen molar-refractivity contribution in [3.8, 4) is 0 Å². The van der Waals surface area contributed by atoms with Gasteiger partial charge in [-0.2, -0.15) is 0 Å². The number of hydrogen-bond acceptors (Lipinski definition) is 3. The van der Waals surface area contributed by atoms with Gasteiger partial charge >= 0.3 is 141 Å². The number of pyridine rings is 1. The Balaban J connectivity index is 1.99. The van der Waals surface area contributed by atoms with Crippen LogP contribution in [-0.4, -0.2) is 43.1 Å². The van der Waals surface area contributed by atoms with E-state index in [2.05, 4.69) is 20.6 Å². The zero-order chi connectivity index (χ0) is 15.7. The van der Waals surface area contributed by atoms with E-state index in [1.807, 2.05) is 42.3 Å². The molecule has 1 amide bonds. The molecule has 1 aliphatic rings. The number of likely N-dealkylation sites (N-methyl/N-ethyl adjacent to an activating group) is 1. The number of amides is 1. The number of halogens is 1. The number of anilines is 1. The molecule has 0 saturated carbocycles. The summed E-state index contributed by atoms with van der Waals surface area (Å²) in [7, 11) is 1.85. The summed E-state index contributed by atoms with van der Waals surface area (Å²) in [5, 5.41) is 0.636. The van der Waals surface area contributed by atoms with E-state index in [0.717, 1.165) is 15.9 Å². The molecule has 1 aromatic heterocycles. The second-order valence-corrected chi connectivity index (χ2v) is 5.98. The number of benzene rings is 1. The van der Waals surface area contributed by atoms with Gasteiger partial charge in [0.1, 0.15) is 0 Å². The Morgan fingerprint density at radius 3 is 2.59 bits per heavy atom. The molecule has 0 radical (unpaired) electrons. The summed E-state index contributed by atoms with van der Waals surface area (Å²) in [5.41, 5.74) is 2.23. The molecule has 1 aromatic carbocycles. The minimum absolute atomic E-state index is 0.0950. The molecule has 22 heavy (non-hydrogen) atoms. The van der Waals surface area contributed by atoms with Gasteiger partial charge in [0, 0.05) is 0 Å². The second kappa shape index (κ2) is 6.05. The van der Waals surface area contributed by atoms with Crippen molar-refractivity contribution in [1.82, 2.24) is 9.88 Å². The van der Waals surface area contributed by atoms with Crippen molar-refractivity contribution >= 4 is 49.5 Å². The summed E-state index contributed by atoms with van der Waals surface area (Å²) < 4.78 is 0.725. The standard InChI is InChI=1S/C16H12ClN3OSe/c1-19-14(9-11-3-2-8-18-10-11)15(21)20(16(19)22)13-6-4-12(17)5-7-13/h2-10H,1H3/b14-9+. The molecule has 0 bridgehead atoms. The zero-order valence-electron chi connectivity index (χ0n) is 11.7. The summed E-state index contributed by atoms with van der Waals surface area (Å²) in [5.74, 6) is -0.0950. The van der Waals surface area contributed by atoms with Crippen molar-refractivity contribution in [3.63, 3.8) is 0 Å². The Labute approximate surface area is 141 Å². The molecule has 1 fully saturated rings. The average molecular weight is 377 g/mol. The van der Waals surface area contributed by atoms with Crippen LogP contribution >= 0.6 is 11.6 Å². The van der Waals surface area contributed by atoms with Crippen LogP contribution in [0.5, 0.6) is 0 Å². The van der Waals surface area contributed by atoms with Crippen molar-refractivity contribution in [3.05, 3.63) is 65.1 Å². The predicted octanol–water partition coefficient (Wildman–Crippen LogP) is 2.31. The van der Waals surface area contributed by atoms with Crippen molar-refractivity contribution in [2.75, 3.05) is 11.9 Å². The second-order valence-electron chi connectivity index (χ2n) is 4.77. The molecule has 4 nitrogen and oxygen atoms in total. The Morgan fingerprint density at radius 1 is 1.23 bits per heavy atom. The summed E-state index contributed by atoms with van der Waals surface area (Å²) in [6, 6.07) is 10.9. The number of aromatic nitrogens is 1. The van der Waals surface area contributed by atoms with Crippen LogP contribution in [0.1, 0.15) is 5.56 Å². The van der Waals surface area contributed by atoms with E-state index in [0.29, 0.717) is 10.7 Å². The third-order valence-corrected chi connectivity index (χ3v) is 4.54. The molecule has 0 atom stereocenters. The molecule has 0 N–H and O–H groups in total. The van der Waals surface area contributed by atoms with Crippen molar-refractivity contribution in [1.29, 1.82) is 0 Å². The SMILES string of the molecule is CN1C(=[Se])N(c2ccc(Cl)cc2)C(=O)/C1=C\c1cccnc1. The molecule has 2 aromatic rings. The average Bonchev–Trinajstić information content (AvgIpc) is 2.73. The third-order valence-electron chi connectivity index (χ3n) is 3.33. The first-order valence-corrected chi connectivity index (χ1v) is 7.81. The van der Waals surface area contributed by atoms with Crippen molar-refractivity contribution in [2.24, 2.45) is 0 Å². The van der Waals surface area contributed by atoms with Crippen LogP contribution in [0.25, 0.3) is 6.08 Å². The first-order valence-electron chi connectivity index (χ1n) is 6.57. The van der Waals surface area contributed by atoms with Gasteiger partial charge in [0.05, 0.1) is 0 Å². The number of nitrogens with zero attached hydrogens (tertiary/aromatic N) is 3. The molecule has 3 rings (SSSR count). The van der Waals surface area contributed by atoms with Crippen LogP contribution in [-0.2, 0) is 4.79 Å². The van der Waals surface area contributed by atoms with Crippen molar-refractivity contribution < 1.29 is 4.79 Å². The Morgan fingerprint density at radius 2 is 1.95 bits per heavy atom. The summed E-state index contributed by atoms with van der Waals surface area (Å²) in [6.07, 6.45) is 5.24. The van der Waals surface area contributed by atoms with Crippen LogP contribution in [0.2, 0.25) is 5.02 Å². The number of carbonyl (C=O) groups excluding carboxylic acids is 1. The molecule has 0 unspecified atom stereocenters. The van der Waals surface area contributed by atoms with Crippen LogP contribution in [0.15, 0.2) is 54.5 Å². The molecule has 2 heterocycles. The first kappa shape index (κ1) is 15.0. The van der Waals surface area contributed by atoms with Gasteiger partial charge in [-0.25, -0.2) is 0 Å². The number of hydrogen-bond donors (Lipinski definition) is 0. The molecule has 0 aliphatic carbocycles. The van der Waals surface area contributed by atoms with E-state index in [4.69, 9.17) is 11.6 Å².